The van der Waals surface area contributed by atoms with Crippen LogP contribution in [0.3, 0.4) is 0 Å². The number of rotatable bonds is 4. The van der Waals surface area contributed by atoms with Crippen LogP contribution in [0.25, 0.3) is 0 Å². The van der Waals surface area contributed by atoms with Gasteiger partial charge in [-0.15, -0.1) is 0 Å². The number of nitrogens with one attached hydrogen (secondary N) is 1. The van der Waals surface area contributed by atoms with Gasteiger partial charge in [-0.2, -0.15) is 0 Å². The summed E-state index contributed by atoms with van der Waals surface area (Å²) in [5, 5.41) is 3.51. The first kappa shape index (κ1) is 14.8. The average Bonchev–Trinajstić information content (AvgIpc) is 2.32. The van der Waals surface area contributed by atoms with E-state index in [-0.39, 0.29) is 5.54 Å². The molecule has 1 aromatic carbocycles. The summed E-state index contributed by atoms with van der Waals surface area (Å²) in [4.78, 5) is 0. The van der Waals surface area contributed by atoms with Gasteiger partial charge in [0.05, 0.1) is 0 Å². The van der Waals surface area contributed by atoms with Crippen molar-refractivity contribution >= 4 is 0 Å². The van der Waals surface area contributed by atoms with Crippen molar-refractivity contribution in [3.8, 4) is 11.8 Å². The van der Waals surface area contributed by atoms with Crippen molar-refractivity contribution in [1.29, 1.82) is 0 Å². The molecule has 0 radical (unpaired) electrons. The molecule has 1 nitrogen and oxygen atoms in total. The van der Waals surface area contributed by atoms with E-state index in [1.54, 1.807) is 0 Å². The predicted octanol–water partition coefficient (Wildman–Crippen LogP) is 4.12. The third kappa shape index (κ3) is 5.89. The molecule has 1 N–H and O–H groups in total. The number of unbranched alkanes of at least 4 members (excludes halogenated alkanes) is 2. The minimum atomic E-state index is 0.142. The Hall–Kier alpha value is -1.26. The molecule has 0 aliphatic heterocycles. The van der Waals surface area contributed by atoms with Gasteiger partial charge in [-0.05, 0) is 38.8 Å². The molecule has 1 heteroatoms. The molecule has 0 aliphatic carbocycles. The Labute approximate surface area is 112 Å². The van der Waals surface area contributed by atoms with E-state index >= 15 is 0 Å². The van der Waals surface area contributed by atoms with E-state index in [2.05, 4.69) is 69.1 Å². The highest BCUT2D eigenvalue weighted by molar-refractivity contribution is 5.41. The molecule has 98 valence electrons. The van der Waals surface area contributed by atoms with Gasteiger partial charge in [0.15, 0.2) is 0 Å². The maximum Gasteiger partial charge on any atom is 0.0290 e. The molecule has 0 spiro atoms. The molecule has 1 aromatic rings. The van der Waals surface area contributed by atoms with E-state index < -0.39 is 0 Å². The minimum absolute atomic E-state index is 0.142. The topological polar surface area (TPSA) is 12.0 Å². The fourth-order valence-corrected chi connectivity index (χ4v) is 1.58. The van der Waals surface area contributed by atoms with Crippen LogP contribution in [0.1, 0.15) is 58.1 Å². The summed E-state index contributed by atoms with van der Waals surface area (Å²) in [5.74, 6) is 6.56. The lowest BCUT2D eigenvalue weighted by molar-refractivity contribution is 0.424. The van der Waals surface area contributed by atoms with Gasteiger partial charge in [0.2, 0.25) is 0 Å². The van der Waals surface area contributed by atoms with Crippen LogP contribution in [0.5, 0.6) is 0 Å². The van der Waals surface area contributed by atoms with Crippen LogP contribution >= 0.6 is 0 Å². The number of hydrogen-bond acceptors (Lipinski definition) is 1. The van der Waals surface area contributed by atoms with Gasteiger partial charge in [0, 0.05) is 24.1 Å². The Morgan fingerprint density at radius 2 is 1.89 bits per heavy atom. The molecule has 1 rings (SSSR count). The van der Waals surface area contributed by atoms with E-state index in [1.807, 2.05) is 0 Å². The standard InChI is InChI=1S/C17H25N/c1-5-6-7-8-11-15-12-9-10-13-16(15)14-18-17(2,3)4/h9-10,12-13,18H,5-7,14H2,1-4H3. The number of hydrogen-bond donors (Lipinski definition) is 1. The SMILES string of the molecule is CCCCC#Cc1ccccc1CNC(C)(C)C. The second-order valence-electron chi connectivity index (χ2n) is 5.67. The van der Waals surface area contributed by atoms with Crippen LogP contribution in [0.15, 0.2) is 24.3 Å². The molecule has 18 heavy (non-hydrogen) atoms. The second kappa shape index (κ2) is 7.24. The fraction of sp³-hybridized carbons (Fsp3) is 0.529. The summed E-state index contributed by atoms with van der Waals surface area (Å²) < 4.78 is 0. The van der Waals surface area contributed by atoms with Crippen molar-refractivity contribution in [2.45, 2.75) is 59.0 Å². The minimum Gasteiger partial charge on any atom is -0.308 e. The summed E-state index contributed by atoms with van der Waals surface area (Å²) in [6.45, 7) is 9.62. The lowest BCUT2D eigenvalue weighted by atomic mass is 10.0. The summed E-state index contributed by atoms with van der Waals surface area (Å²) in [6.07, 6.45) is 3.40. The lowest BCUT2D eigenvalue weighted by Crippen LogP contribution is -2.35. The van der Waals surface area contributed by atoms with Crippen LogP contribution in [0.4, 0.5) is 0 Å². The molecule has 0 saturated heterocycles. The Bertz CT molecular complexity index is 415. The van der Waals surface area contributed by atoms with Gasteiger partial charge < -0.3 is 5.32 Å². The van der Waals surface area contributed by atoms with Gasteiger partial charge in [0.1, 0.15) is 0 Å². The molecule has 0 unspecified atom stereocenters. The maximum atomic E-state index is 3.51. The van der Waals surface area contributed by atoms with Crippen LogP contribution in [0, 0.1) is 11.8 Å². The van der Waals surface area contributed by atoms with E-state index in [9.17, 15) is 0 Å². The Balaban J connectivity index is 2.69. The Morgan fingerprint density at radius 1 is 1.17 bits per heavy atom. The zero-order valence-electron chi connectivity index (χ0n) is 12.1. The first-order valence-corrected chi connectivity index (χ1v) is 6.85. The molecule has 0 aromatic heterocycles. The van der Waals surface area contributed by atoms with Crippen molar-refractivity contribution in [3.05, 3.63) is 35.4 Å². The third-order valence-electron chi connectivity index (χ3n) is 2.70. The zero-order chi connectivity index (χ0) is 13.4. The van der Waals surface area contributed by atoms with Gasteiger partial charge in [0.25, 0.3) is 0 Å². The highest BCUT2D eigenvalue weighted by Crippen LogP contribution is 2.09. The van der Waals surface area contributed by atoms with Gasteiger partial charge in [-0.25, -0.2) is 0 Å². The first-order valence-electron chi connectivity index (χ1n) is 6.85. The van der Waals surface area contributed by atoms with E-state index in [1.165, 1.54) is 18.4 Å². The quantitative estimate of drug-likeness (QED) is 0.619. The largest absolute Gasteiger partial charge is 0.308 e. The average molecular weight is 243 g/mol. The predicted molar refractivity (Wildman–Crippen MR) is 79.4 cm³/mol. The van der Waals surface area contributed by atoms with E-state index in [4.69, 9.17) is 0 Å². The van der Waals surface area contributed by atoms with Crippen LogP contribution in [0.2, 0.25) is 0 Å². The smallest absolute Gasteiger partial charge is 0.0290 e. The monoisotopic (exact) mass is 243 g/mol. The summed E-state index contributed by atoms with van der Waals surface area (Å²) in [5.41, 5.74) is 2.59. The van der Waals surface area contributed by atoms with Gasteiger partial charge in [-0.1, -0.05) is 43.4 Å². The van der Waals surface area contributed by atoms with Gasteiger partial charge in [-0.3, -0.25) is 0 Å². The molecule has 0 aliphatic rings. The molecule has 0 fully saturated rings. The summed E-state index contributed by atoms with van der Waals surface area (Å²) >= 11 is 0. The molecule has 0 saturated carbocycles. The Morgan fingerprint density at radius 3 is 2.56 bits per heavy atom. The Kier molecular flexibility index (Phi) is 5.95. The van der Waals surface area contributed by atoms with Crippen molar-refractivity contribution in [1.82, 2.24) is 5.32 Å². The van der Waals surface area contributed by atoms with Crippen molar-refractivity contribution in [2.75, 3.05) is 0 Å². The molecule has 0 amide bonds. The maximum absolute atomic E-state index is 3.51. The van der Waals surface area contributed by atoms with Crippen molar-refractivity contribution in [3.63, 3.8) is 0 Å². The molecular weight excluding hydrogens is 218 g/mol. The molecular formula is C17H25N. The first-order chi connectivity index (χ1) is 8.53. The fourth-order valence-electron chi connectivity index (χ4n) is 1.58. The van der Waals surface area contributed by atoms with E-state index in [0.29, 0.717) is 0 Å². The zero-order valence-corrected chi connectivity index (χ0v) is 12.1. The van der Waals surface area contributed by atoms with Gasteiger partial charge >= 0.3 is 0 Å². The summed E-state index contributed by atoms with van der Waals surface area (Å²) in [7, 11) is 0. The van der Waals surface area contributed by atoms with Crippen molar-refractivity contribution < 1.29 is 0 Å². The molecule has 0 heterocycles. The number of benzene rings is 1. The highest BCUT2D eigenvalue weighted by Gasteiger charge is 2.09. The van der Waals surface area contributed by atoms with E-state index in [0.717, 1.165) is 18.5 Å². The van der Waals surface area contributed by atoms with Crippen LogP contribution in [-0.4, -0.2) is 5.54 Å². The lowest BCUT2D eigenvalue weighted by Gasteiger charge is -2.21. The molecule has 0 atom stereocenters. The third-order valence-corrected chi connectivity index (χ3v) is 2.70. The van der Waals surface area contributed by atoms with Crippen molar-refractivity contribution in [2.24, 2.45) is 0 Å². The van der Waals surface area contributed by atoms with Crippen LogP contribution < -0.4 is 5.32 Å². The summed E-state index contributed by atoms with van der Waals surface area (Å²) in [6, 6.07) is 8.41. The second-order valence-corrected chi connectivity index (χ2v) is 5.67. The molecule has 0 bridgehead atoms. The normalized spacial score (nSPS) is 10.9. The highest BCUT2D eigenvalue weighted by atomic mass is 14.9. The van der Waals surface area contributed by atoms with Crippen LogP contribution in [-0.2, 0) is 6.54 Å².